The summed E-state index contributed by atoms with van der Waals surface area (Å²) in [6.07, 6.45) is 2.36. The molecule has 1 aliphatic rings. The molecule has 1 aromatic heterocycles. The van der Waals surface area contributed by atoms with Crippen LogP contribution in [-0.2, 0) is 0 Å². The number of hydrogen-bond donors (Lipinski definition) is 1. The highest BCUT2D eigenvalue weighted by Gasteiger charge is 2.29. The third-order valence-corrected chi connectivity index (χ3v) is 4.44. The van der Waals surface area contributed by atoms with Gasteiger partial charge in [-0.15, -0.1) is 0 Å². The number of hydrogen-bond acceptors (Lipinski definition) is 3. The summed E-state index contributed by atoms with van der Waals surface area (Å²) in [4.78, 5) is 9.19. The lowest BCUT2D eigenvalue weighted by Crippen LogP contribution is -2.05. The van der Waals surface area contributed by atoms with E-state index in [2.05, 4.69) is 37.9 Å². The van der Waals surface area contributed by atoms with Gasteiger partial charge in [0, 0.05) is 18.5 Å². The van der Waals surface area contributed by atoms with Gasteiger partial charge in [-0.05, 0) is 66.1 Å². The molecule has 1 aliphatic carbocycles. The molecular formula is C15H15FIN3. The lowest BCUT2D eigenvalue weighted by Gasteiger charge is -2.11. The topological polar surface area (TPSA) is 37.8 Å². The SMILES string of the molecule is CNc1nc(-c2cc(C)cc(F)c2)nc(C2CC2)c1I. The Morgan fingerprint density at radius 1 is 1.25 bits per heavy atom. The van der Waals surface area contributed by atoms with E-state index in [0.29, 0.717) is 11.7 Å². The van der Waals surface area contributed by atoms with E-state index < -0.39 is 0 Å². The zero-order chi connectivity index (χ0) is 14.3. The summed E-state index contributed by atoms with van der Waals surface area (Å²) < 4.78 is 14.6. The second-order valence-corrected chi connectivity index (χ2v) is 6.22. The Hall–Kier alpha value is -1.24. The van der Waals surface area contributed by atoms with Crippen molar-refractivity contribution in [3.8, 4) is 11.4 Å². The minimum Gasteiger partial charge on any atom is -0.372 e. The Balaban J connectivity index is 2.15. The van der Waals surface area contributed by atoms with Crippen LogP contribution in [0.25, 0.3) is 11.4 Å². The second-order valence-electron chi connectivity index (χ2n) is 5.14. The van der Waals surface area contributed by atoms with Crippen molar-refractivity contribution < 1.29 is 4.39 Å². The molecule has 1 aromatic carbocycles. The third kappa shape index (κ3) is 2.63. The molecule has 2 aromatic rings. The van der Waals surface area contributed by atoms with Gasteiger partial charge < -0.3 is 5.32 Å². The molecule has 3 nitrogen and oxygen atoms in total. The minimum absolute atomic E-state index is 0.249. The number of nitrogens with zero attached hydrogens (tertiary/aromatic N) is 2. The van der Waals surface area contributed by atoms with Gasteiger partial charge in [-0.1, -0.05) is 0 Å². The van der Waals surface area contributed by atoms with Gasteiger partial charge >= 0.3 is 0 Å². The molecule has 104 valence electrons. The molecule has 3 rings (SSSR count). The molecule has 5 heteroatoms. The first-order chi connectivity index (χ1) is 9.58. The number of nitrogens with one attached hydrogen (secondary N) is 1. The molecule has 20 heavy (non-hydrogen) atoms. The van der Waals surface area contributed by atoms with Crippen molar-refractivity contribution in [1.29, 1.82) is 0 Å². The average molecular weight is 383 g/mol. The molecule has 1 heterocycles. The Morgan fingerprint density at radius 3 is 2.60 bits per heavy atom. The van der Waals surface area contributed by atoms with Crippen LogP contribution < -0.4 is 5.32 Å². The van der Waals surface area contributed by atoms with Crippen LogP contribution in [0, 0.1) is 16.3 Å². The van der Waals surface area contributed by atoms with Gasteiger partial charge in [0.15, 0.2) is 5.82 Å². The van der Waals surface area contributed by atoms with E-state index in [4.69, 9.17) is 0 Å². The summed E-state index contributed by atoms with van der Waals surface area (Å²) in [5.74, 6) is 1.70. The van der Waals surface area contributed by atoms with E-state index in [1.165, 1.54) is 25.0 Å². The first kappa shape index (κ1) is 13.7. The van der Waals surface area contributed by atoms with Gasteiger partial charge in [0.1, 0.15) is 11.6 Å². The zero-order valence-electron chi connectivity index (χ0n) is 11.4. The van der Waals surface area contributed by atoms with Crippen LogP contribution >= 0.6 is 22.6 Å². The van der Waals surface area contributed by atoms with Crippen molar-refractivity contribution >= 4 is 28.4 Å². The van der Waals surface area contributed by atoms with Crippen molar-refractivity contribution in [2.45, 2.75) is 25.7 Å². The molecule has 0 amide bonds. The molecule has 0 spiro atoms. The molecule has 1 N–H and O–H groups in total. The molecule has 0 unspecified atom stereocenters. The quantitative estimate of drug-likeness (QED) is 0.811. The normalized spacial score (nSPS) is 14.4. The fourth-order valence-corrected chi connectivity index (χ4v) is 3.20. The largest absolute Gasteiger partial charge is 0.372 e. The van der Waals surface area contributed by atoms with E-state index in [1.807, 2.05) is 20.0 Å². The Morgan fingerprint density at radius 2 is 2.00 bits per heavy atom. The number of anilines is 1. The molecule has 0 radical (unpaired) electrons. The van der Waals surface area contributed by atoms with Crippen LogP contribution in [-0.4, -0.2) is 17.0 Å². The highest BCUT2D eigenvalue weighted by molar-refractivity contribution is 14.1. The first-order valence-corrected chi connectivity index (χ1v) is 7.69. The summed E-state index contributed by atoms with van der Waals surface area (Å²) in [6, 6.07) is 4.92. The van der Waals surface area contributed by atoms with Gasteiger partial charge in [-0.25, -0.2) is 14.4 Å². The fraction of sp³-hybridized carbons (Fsp3) is 0.333. The van der Waals surface area contributed by atoms with Crippen LogP contribution in [0.1, 0.15) is 30.0 Å². The molecule has 0 aliphatic heterocycles. The molecule has 1 saturated carbocycles. The molecular weight excluding hydrogens is 368 g/mol. The number of rotatable bonds is 3. The maximum atomic E-state index is 13.6. The van der Waals surface area contributed by atoms with Crippen molar-refractivity contribution in [3.05, 3.63) is 38.8 Å². The monoisotopic (exact) mass is 383 g/mol. The van der Waals surface area contributed by atoms with Crippen LogP contribution in [0.3, 0.4) is 0 Å². The lowest BCUT2D eigenvalue weighted by atomic mass is 10.1. The van der Waals surface area contributed by atoms with E-state index in [9.17, 15) is 4.39 Å². The number of halogens is 2. The van der Waals surface area contributed by atoms with Gasteiger partial charge in [-0.2, -0.15) is 0 Å². The molecule has 1 fully saturated rings. The zero-order valence-corrected chi connectivity index (χ0v) is 13.5. The Labute approximate surface area is 131 Å². The summed E-state index contributed by atoms with van der Waals surface area (Å²) in [5.41, 5.74) is 2.69. The van der Waals surface area contributed by atoms with Gasteiger partial charge in [0.05, 0.1) is 9.26 Å². The summed E-state index contributed by atoms with van der Waals surface area (Å²) >= 11 is 2.28. The number of benzene rings is 1. The summed E-state index contributed by atoms with van der Waals surface area (Å²) in [7, 11) is 1.85. The van der Waals surface area contributed by atoms with E-state index in [0.717, 1.165) is 26.2 Å². The average Bonchev–Trinajstić information content (AvgIpc) is 3.22. The van der Waals surface area contributed by atoms with Crippen LogP contribution in [0.2, 0.25) is 0 Å². The van der Waals surface area contributed by atoms with Crippen molar-refractivity contribution in [2.75, 3.05) is 12.4 Å². The van der Waals surface area contributed by atoms with E-state index in [-0.39, 0.29) is 5.82 Å². The minimum atomic E-state index is -0.249. The maximum absolute atomic E-state index is 13.6. The van der Waals surface area contributed by atoms with Crippen LogP contribution in [0.5, 0.6) is 0 Å². The number of aryl methyl sites for hydroxylation is 1. The Kier molecular flexibility index (Phi) is 3.62. The summed E-state index contributed by atoms with van der Waals surface area (Å²) in [6.45, 7) is 1.88. The summed E-state index contributed by atoms with van der Waals surface area (Å²) in [5, 5.41) is 3.11. The van der Waals surface area contributed by atoms with Crippen molar-refractivity contribution in [3.63, 3.8) is 0 Å². The first-order valence-electron chi connectivity index (χ1n) is 6.61. The van der Waals surface area contributed by atoms with Gasteiger partial charge in [0.25, 0.3) is 0 Å². The highest BCUT2D eigenvalue weighted by Crippen LogP contribution is 2.42. The standard InChI is InChI=1S/C15H15FIN3/c1-8-5-10(7-11(16)6-8)14-19-13(9-3-4-9)12(17)15(18-2)20-14/h5-7,9H,3-4H2,1-2H3,(H,18,19,20). The highest BCUT2D eigenvalue weighted by atomic mass is 127. The van der Waals surface area contributed by atoms with Crippen molar-refractivity contribution in [1.82, 2.24) is 9.97 Å². The van der Waals surface area contributed by atoms with E-state index >= 15 is 0 Å². The smallest absolute Gasteiger partial charge is 0.161 e. The van der Waals surface area contributed by atoms with Crippen molar-refractivity contribution in [2.24, 2.45) is 0 Å². The molecule has 0 bridgehead atoms. The number of aromatic nitrogens is 2. The molecule has 0 atom stereocenters. The molecule has 0 saturated heterocycles. The fourth-order valence-electron chi connectivity index (χ4n) is 2.25. The second kappa shape index (κ2) is 5.27. The van der Waals surface area contributed by atoms with Crippen LogP contribution in [0.15, 0.2) is 18.2 Å². The maximum Gasteiger partial charge on any atom is 0.161 e. The van der Waals surface area contributed by atoms with Gasteiger partial charge in [-0.3, -0.25) is 0 Å². The van der Waals surface area contributed by atoms with E-state index in [1.54, 1.807) is 0 Å². The van der Waals surface area contributed by atoms with Crippen LogP contribution in [0.4, 0.5) is 10.2 Å². The Bertz CT molecular complexity index is 648. The predicted octanol–water partition coefficient (Wildman–Crippen LogP) is 4.11. The third-order valence-electron chi connectivity index (χ3n) is 3.38. The lowest BCUT2D eigenvalue weighted by molar-refractivity contribution is 0.627. The predicted molar refractivity (Wildman–Crippen MR) is 86.4 cm³/mol. The van der Waals surface area contributed by atoms with Gasteiger partial charge in [0.2, 0.25) is 0 Å².